The Balaban J connectivity index is 1.57. The predicted octanol–water partition coefficient (Wildman–Crippen LogP) is 6.38. The van der Waals surface area contributed by atoms with Gasteiger partial charge < -0.3 is 15.0 Å². The second-order valence-corrected chi connectivity index (χ2v) is 19.6. The Bertz CT molecular complexity index is 1850. The van der Waals surface area contributed by atoms with E-state index >= 15 is 0 Å². The van der Waals surface area contributed by atoms with Crippen LogP contribution in [0.4, 0.5) is 10.7 Å². The van der Waals surface area contributed by atoms with E-state index in [1.807, 2.05) is 39.0 Å². The van der Waals surface area contributed by atoms with E-state index < -0.39 is 23.7 Å². The number of nitrogens with zero attached hydrogens (tertiary/aromatic N) is 4. The number of hydrogen-bond donors (Lipinski definition) is 1. The van der Waals surface area contributed by atoms with Crippen LogP contribution in [0, 0.1) is 11.5 Å². The van der Waals surface area contributed by atoms with Crippen molar-refractivity contribution in [2.24, 2.45) is 0 Å². The molecule has 1 aliphatic heterocycles. The quantitative estimate of drug-likeness (QED) is 0.202. The second-order valence-electron chi connectivity index (χ2n) is 13.0. The van der Waals surface area contributed by atoms with Crippen molar-refractivity contribution >= 4 is 41.0 Å². The SMILES string of the molecule is CC(C)(C)OC(=O)N1CCC[C@H](Nc2ncc(C#C[Si](C)(C)C)c(-c3cn(S(=O)(=O)c4ccccc4)c4ccccc34)n2)C1. The predicted molar refractivity (Wildman–Crippen MR) is 177 cm³/mol. The molecule has 44 heavy (non-hydrogen) atoms. The number of amides is 1. The van der Waals surface area contributed by atoms with Crippen LogP contribution in [-0.4, -0.2) is 66.2 Å². The molecule has 1 saturated heterocycles. The van der Waals surface area contributed by atoms with Gasteiger partial charge in [0.05, 0.1) is 21.7 Å². The Morgan fingerprint density at radius 2 is 1.77 bits per heavy atom. The average molecular weight is 630 g/mol. The molecular formula is C33H39N5O4SSi. The third-order valence-electron chi connectivity index (χ3n) is 7.00. The normalized spacial score (nSPS) is 15.9. The van der Waals surface area contributed by atoms with Crippen molar-refractivity contribution in [2.75, 3.05) is 18.4 Å². The molecule has 0 bridgehead atoms. The number of rotatable bonds is 5. The van der Waals surface area contributed by atoms with Gasteiger partial charge in [-0.15, -0.1) is 5.54 Å². The van der Waals surface area contributed by atoms with Crippen molar-refractivity contribution in [3.05, 3.63) is 72.6 Å². The highest BCUT2D eigenvalue weighted by molar-refractivity contribution is 7.90. The Hall–Kier alpha value is -4.14. The molecular weight excluding hydrogens is 591 g/mol. The van der Waals surface area contributed by atoms with Crippen LogP contribution in [0.15, 0.2) is 71.9 Å². The number of carbonyl (C=O) groups is 1. The van der Waals surface area contributed by atoms with Gasteiger partial charge in [0, 0.05) is 42.5 Å². The summed E-state index contributed by atoms with van der Waals surface area (Å²) >= 11 is 0. The Labute approximate surface area is 260 Å². The molecule has 11 heteroatoms. The first kappa shape index (κ1) is 31.3. The van der Waals surface area contributed by atoms with Crippen molar-refractivity contribution in [2.45, 2.75) is 69.8 Å². The molecule has 1 amide bonds. The van der Waals surface area contributed by atoms with Crippen LogP contribution in [0.5, 0.6) is 0 Å². The zero-order valence-electron chi connectivity index (χ0n) is 26.1. The van der Waals surface area contributed by atoms with Crippen molar-refractivity contribution < 1.29 is 17.9 Å². The largest absolute Gasteiger partial charge is 0.444 e. The molecule has 230 valence electrons. The summed E-state index contributed by atoms with van der Waals surface area (Å²) in [6, 6.07) is 15.7. The molecule has 1 fully saturated rings. The highest BCUT2D eigenvalue weighted by Crippen LogP contribution is 2.34. The highest BCUT2D eigenvalue weighted by Gasteiger charge is 2.29. The van der Waals surface area contributed by atoms with E-state index in [4.69, 9.17) is 9.72 Å². The van der Waals surface area contributed by atoms with Gasteiger partial charge in [-0.3, -0.25) is 0 Å². The van der Waals surface area contributed by atoms with Crippen LogP contribution in [0.2, 0.25) is 19.6 Å². The van der Waals surface area contributed by atoms with Crippen LogP contribution >= 0.6 is 0 Å². The van der Waals surface area contributed by atoms with Gasteiger partial charge >= 0.3 is 6.09 Å². The van der Waals surface area contributed by atoms with Gasteiger partial charge in [-0.25, -0.2) is 27.2 Å². The lowest BCUT2D eigenvalue weighted by Crippen LogP contribution is -2.47. The number of carbonyl (C=O) groups excluding carboxylic acids is 1. The van der Waals surface area contributed by atoms with E-state index in [9.17, 15) is 13.2 Å². The topological polar surface area (TPSA) is 106 Å². The second kappa shape index (κ2) is 12.1. The molecule has 0 saturated carbocycles. The van der Waals surface area contributed by atoms with Gasteiger partial charge in [-0.2, -0.15) is 0 Å². The summed E-state index contributed by atoms with van der Waals surface area (Å²) < 4.78 is 34.5. The van der Waals surface area contributed by atoms with Gasteiger partial charge in [-0.1, -0.05) is 62.0 Å². The fraction of sp³-hybridized carbons (Fsp3) is 0.364. The maximum Gasteiger partial charge on any atom is 0.410 e. The average Bonchev–Trinajstić information content (AvgIpc) is 3.36. The highest BCUT2D eigenvalue weighted by atomic mass is 32.2. The van der Waals surface area contributed by atoms with E-state index in [2.05, 4.69) is 41.4 Å². The Morgan fingerprint density at radius 3 is 2.48 bits per heavy atom. The summed E-state index contributed by atoms with van der Waals surface area (Å²) in [7, 11) is -5.64. The number of anilines is 1. The summed E-state index contributed by atoms with van der Waals surface area (Å²) in [4.78, 5) is 24.2. The first-order valence-corrected chi connectivity index (χ1v) is 19.7. The monoisotopic (exact) mass is 629 g/mol. The summed E-state index contributed by atoms with van der Waals surface area (Å²) in [6.45, 7) is 13.1. The number of para-hydroxylation sites is 1. The lowest BCUT2D eigenvalue weighted by molar-refractivity contribution is 0.0206. The summed E-state index contributed by atoms with van der Waals surface area (Å²) in [5, 5.41) is 4.15. The molecule has 4 aromatic rings. The smallest absolute Gasteiger partial charge is 0.410 e. The fourth-order valence-corrected chi connectivity index (χ4v) is 6.92. The molecule has 0 unspecified atom stereocenters. The Morgan fingerprint density at radius 1 is 1.07 bits per heavy atom. The third-order valence-corrected chi connectivity index (χ3v) is 9.56. The lowest BCUT2D eigenvalue weighted by atomic mass is 10.1. The van der Waals surface area contributed by atoms with Crippen molar-refractivity contribution in [3.8, 4) is 22.7 Å². The lowest BCUT2D eigenvalue weighted by Gasteiger charge is -2.34. The van der Waals surface area contributed by atoms with Gasteiger partial charge in [0.25, 0.3) is 10.0 Å². The molecule has 9 nitrogen and oxygen atoms in total. The molecule has 0 radical (unpaired) electrons. The number of ether oxygens (including phenoxy) is 1. The minimum absolute atomic E-state index is 0.0807. The molecule has 1 aliphatic rings. The fourth-order valence-electron chi connectivity index (χ4n) is 5.02. The van der Waals surface area contributed by atoms with Gasteiger partial charge in [0.1, 0.15) is 13.7 Å². The molecule has 2 aromatic heterocycles. The standard InChI is InChI=1S/C33H39N5O4SSi/c1-33(2,3)42-32(39)37-19-12-13-25(22-37)35-31-34-21-24(18-20-44(4,5)6)30(36-31)28-23-38(29-17-11-10-16-27(28)29)43(40,41)26-14-8-7-9-15-26/h7-11,14-17,21,23,25H,12-13,19,22H2,1-6H3,(H,34,35,36)/t25-/m0/s1. The zero-order valence-corrected chi connectivity index (χ0v) is 27.9. The maximum absolute atomic E-state index is 13.8. The summed E-state index contributed by atoms with van der Waals surface area (Å²) in [5.74, 6) is 3.69. The van der Waals surface area contributed by atoms with E-state index in [1.54, 1.807) is 53.7 Å². The number of nitrogens with one attached hydrogen (secondary N) is 1. The number of likely N-dealkylation sites (tertiary alicyclic amines) is 1. The van der Waals surface area contributed by atoms with E-state index in [-0.39, 0.29) is 17.0 Å². The number of aromatic nitrogens is 3. The van der Waals surface area contributed by atoms with Crippen molar-refractivity contribution in [1.29, 1.82) is 0 Å². The minimum atomic E-state index is -3.88. The van der Waals surface area contributed by atoms with Crippen LogP contribution in [0.25, 0.3) is 22.2 Å². The van der Waals surface area contributed by atoms with E-state index in [0.717, 1.165) is 18.2 Å². The van der Waals surface area contributed by atoms with Crippen LogP contribution in [0.1, 0.15) is 39.2 Å². The molecule has 5 rings (SSSR count). The van der Waals surface area contributed by atoms with Gasteiger partial charge in [0.15, 0.2) is 0 Å². The first-order valence-electron chi connectivity index (χ1n) is 14.8. The van der Waals surface area contributed by atoms with Crippen molar-refractivity contribution in [1.82, 2.24) is 18.8 Å². The number of hydrogen-bond acceptors (Lipinski definition) is 7. The van der Waals surface area contributed by atoms with Gasteiger partial charge in [-0.05, 0) is 51.8 Å². The summed E-state index contributed by atoms with van der Waals surface area (Å²) in [5.41, 5.74) is 5.19. The van der Waals surface area contributed by atoms with E-state index in [1.165, 1.54) is 3.97 Å². The Kier molecular flexibility index (Phi) is 8.60. The van der Waals surface area contributed by atoms with Gasteiger partial charge in [0.2, 0.25) is 5.95 Å². The molecule has 2 aromatic carbocycles. The van der Waals surface area contributed by atoms with Crippen molar-refractivity contribution in [3.63, 3.8) is 0 Å². The maximum atomic E-state index is 13.8. The molecule has 1 N–H and O–H groups in total. The molecule has 3 heterocycles. The van der Waals surface area contributed by atoms with E-state index in [0.29, 0.717) is 41.4 Å². The number of piperidine rings is 1. The molecule has 0 spiro atoms. The minimum Gasteiger partial charge on any atom is -0.444 e. The van der Waals surface area contributed by atoms with Crippen LogP contribution in [-0.2, 0) is 14.8 Å². The summed E-state index contributed by atoms with van der Waals surface area (Å²) in [6.07, 6.45) is 4.64. The van der Waals surface area contributed by atoms with Crippen LogP contribution < -0.4 is 5.32 Å². The third kappa shape index (κ3) is 7.14. The van der Waals surface area contributed by atoms with Crippen LogP contribution in [0.3, 0.4) is 0 Å². The molecule has 1 atom stereocenters. The first-order chi connectivity index (χ1) is 20.7. The number of benzene rings is 2. The number of fused-ring (bicyclic) bond motifs is 1. The zero-order chi connectivity index (χ0) is 31.7. The molecule has 0 aliphatic carbocycles.